The van der Waals surface area contributed by atoms with E-state index in [1.807, 2.05) is 7.05 Å². The van der Waals surface area contributed by atoms with Crippen molar-refractivity contribution in [3.05, 3.63) is 22.2 Å². The van der Waals surface area contributed by atoms with Gasteiger partial charge in [-0.3, -0.25) is 0 Å². The molecule has 140 valence electrons. The van der Waals surface area contributed by atoms with Gasteiger partial charge in [0, 0.05) is 26.2 Å². The zero-order chi connectivity index (χ0) is 18.2. The Bertz CT molecular complexity index is 617. The van der Waals surface area contributed by atoms with Crippen LogP contribution >= 0.6 is 26.2 Å². The lowest BCUT2D eigenvalue weighted by molar-refractivity contribution is 0.153. The molecule has 1 heterocycles. The Balaban J connectivity index is 2.09. The number of hydrogen-bond donors (Lipinski definition) is 1. The molecule has 1 saturated heterocycles. The topological polar surface area (TPSA) is 26.7 Å². The minimum Gasteiger partial charge on any atom is -0.506 e. The number of aryl methyl sites for hydroxylation is 1. The number of piperazine rings is 1. The molecule has 0 unspecified atom stereocenters. The van der Waals surface area contributed by atoms with Gasteiger partial charge in [-0.25, -0.2) is 0 Å². The Hall–Kier alpha value is -0.580. The smallest absolute Gasteiger partial charge is 0.310 e. The van der Waals surface area contributed by atoms with Crippen molar-refractivity contribution in [2.75, 3.05) is 39.8 Å². The highest BCUT2D eigenvalue weighted by Crippen LogP contribution is 3.02. The van der Waals surface area contributed by atoms with Crippen molar-refractivity contribution in [2.24, 2.45) is 0 Å². The van der Waals surface area contributed by atoms with Crippen molar-refractivity contribution in [3.63, 3.8) is 0 Å². The molecule has 1 aromatic carbocycles. The number of halogens is 6. The molecule has 0 spiro atoms. The fourth-order valence-corrected chi connectivity index (χ4v) is 3.96. The van der Waals surface area contributed by atoms with Crippen LogP contribution in [0.3, 0.4) is 0 Å². The first-order chi connectivity index (χ1) is 10.8. The molecular formula is C14H20BrF5N2OS. The highest BCUT2D eigenvalue weighted by molar-refractivity contribution is 9.10. The van der Waals surface area contributed by atoms with Gasteiger partial charge in [0.25, 0.3) is 0 Å². The molecule has 1 aliphatic heterocycles. The molecule has 0 amide bonds. The Morgan fingerprint density at radius 2 is 1.67 bits per heavy atom. The number of likely N-dealkylation sites (N-methyl/N-ethyl adjacent to an activating group) is 1. The first kappa shape index (κ1) is 19.7. The quantitative estimate of drug-likeness (QED) is 0.655. The Morgan fingerprint density at radius 1 is 1.08 bits per heavy atom. The van der Waals surface area contributed by atoms with Crippen molar-refractivity contribution in [1.29, 1.82) is 0 Å². The van der Waals surface area contributed by atoms with E-state index in [4.69, 9.17) is 0 Å². The second-order valence-corrected chi connectivity index (χ2v) is 9.39. The van der Waals surface area contributed by atoms with E-state index in [-0.39, 0.29) is 22.5 Å². The van der Waals surface area contributed by atoms with Gasteiger partial charge in [-0.05, 0) is 60.1 Å². The minimum absolute atomic E-state index is 0.0957. The number of rotatable bonds is 5. The number of nitrogens with zero attached hydrogens (tertiary/aromatic N) is 2. The number of benzene rings is 1. The lowest BCUT2D eigenvalue weighted by atomic mass is 10.1. The fourth-order valence-electron chi connectivity index (χ4n) is 2.61. The summed E-state index contributed by atoms with van der Waals surface area (Å²) in [5.41, 5.74) is -0.123. The average Bonchev–Trinajstić information content (AvgIpc) is 2.42. The third-order valence-electron chi connectivity index (χ3n) is 4.08. The van der Waals surface area contributed by atoms with Crippen molar-refractivity contribution in [3.8, 4) is 5.75 Å². The molecule has 0 radical (unpaired) electrons. The maximum Gasteiger partial charge on any atom is 0.310 e. The number of aromatic hydroxyl groups is 1. The molecule has 0 atom stereocenters. The standard InChI is InChI=1S/C14H20BrF5N2OS/c1-21-5-7-22(8-6-21)4-2-3-11-9-12(10-13(15)14(11)23)24(16,17,18,19)20/h9-10,23H,2-8H2,1H3. The predicted molar refractivity (Wildman–Crippen MR) is 89.5 cm³/mol. The monoisotopic (exact) mass is 438 g/mol. The third-order valence-corrected chi connectivity index (χ3v) is 5.81. The molecule has 0 saturated carbocycles. The third kappa shape index (κ3) is 5.21. The van der Waals surface area contributed by atoms with Gasteiger partial charge in [0.15, 0.2) is 0 Å². The van der Waals surface area contributed by atoms with E-state index in [9.17, 15) is 24.5 Å². The van der Waals surface area contributed by atoms with Gasteiger partial charge in [0.05, 0.1) is 4.47 Å². The molecule has 1 aliphatic rings. The summed E-state index contributed by atoms with van der Waals surface area (Å²) in [6.07, 6.45) is 0.575. The molecular weight excluding hydrogens is 419 g/mol. The molecule has 1 fully saturated rings. The minimum atomic E-state index is -9.77. The van der Waals surface area contributed by atoms with E-state index in [2.05, 4.69) is 25.7 Å². The Labute approximate surface area is 146 Å². The summed E-state index contributed by atoms with van der Waals surface area (Å²) in [6.45, 7) is 4.19. The first-order valence-electron chi connectivity index (χ1n) is 7.42. The van der Waals surface area contributed by atoms with E-state index in [1.54, 1.807) is 0 Å². The molecule has 1 aromatic rings. The van der Waals surface area contributed by atoms with Crippen molar-refractivity contribution in [2.45, 2.75) is 17.7 Å². The van der Waals surface area contributed by atoms with Crippen LogP contribution in [0.25, 0.3) is 0 Å². The second kappa shape index (κ2) is 6.00. The second-order valence-electron chi connectivity index (χ2n) is 6.13. The number of phenolic OH excluding ortho intramolecular Hbond substituents is 1. The molecule has 0 bridgehead atoms. The van der Waals surface area contributed by atoms with Gasteiger partial charge in [0.1, 0.15) is 10.6 Å². The SMILES string of the molecule is CN1CCN(CCCc2cc(S(F)(F)(F)(F)F)cc(Br)c2O)CC1. The van der Waals surface area contributed by atoms with Gasteiger partial charge in [-0.1, -0.05) is 19.4 Å². The summed E-state index contributed by atoms with van der Waals surface area (Å²) in [7, 11) is -7.76. The Kier molecular flexibility index (Phi) is 4.93. The van der Waals surface area contributed by atoms with E-state index < -0.39 is 20.9 Å². The zero-order valence-electron chi connectivity index (χ0n) is 13.1. The molecule has 0 aliphatic carbocycles. The molecule has 24 heavy (non-hydrogen) atoms. The van der Waals surface area contributed by atoms with Crippen LogP contribution in [0.2, 0.25) is 0 Å². The number of hydrogen-bond acceptors (Lipinski definition) is 3. The molecule has 2 rings (SSSR count). The molecule has 3 nitrogen and oxygen atoms in total. The van der Waals surface area contributed by atoms with E-state index in [0.29, 0.717) is 19.0 Å². The molecule has 10 heteroatoms. The van der Waals surface area contributed by atoms with Crippen LogP contribution < -0.4 is 0 Å². The van der Waals surface area contributed by atoms with E-state index in [1.165, 1.54) is 0 Å². The van der Waals surface area contributed by atoms with E-state index >= 15 is 0 Å². The van der Waals surface area contributed by atoms with Crippen molar-refractivity contribution < 1.29 is 24.5 Å². The highest BCUT2D eigenvalue weighted by atomic mass is 79.9. The first-order valence-corrected chi connectivity index (χ1v) is 10.2. The van der Waals surface area contributed by atoms with Gasteiger partial charge in [-0.2, -0.15) is 0 Å². The van der Waals surface area contributed by atoms with Gasteiger partial charge < -0.3 is 14.9 Å². The van der Waals surface area contributed by atoms with Crippen LogP contribution in [0.15, 0.2) is 21.5 Å². The Morgan fingerprint density at radius 3 is 2.21 bits per heavy atom. The number of phenols is 1. The van der Waals surface area contributed by atoms with Crippen LogP contribution in [0.4, 0.5) is 19.4 Å². The fraction of sp³-hybridized carbons (Fsp3) is 0.571. The zero-order valence-corrected chi connectivity index (χ0v) is 15.5. The van der Waals surface area contributed by atoms with E-state index in [0.717, 1.165) is 26.2 Å². The van der Waals surface area contributed by atoms with Gasteiger partial charge in [0.2, 0.25) is 0 Å². The highest BCUT2D eigenvalue weighted by Gasteiger charge is 2.65. The van der Waals surface area contributed by atoms with Gasteiger partial charge in [-0.15, -0.1) is 0 Å². The maximum atomic E-state index is 13.0. The molecule has 0 aromatic heterocycles. The summed E-state index contributed by atoms with van der Waals surface area (Å²) < 4.78 is 64.5. The molecule has 1 N–H and O–H groups in total. The van der Waals surface area contributed by atoms with Crippen LogP contribution in [-0.2, 0) is 6.42 Å². The summed E-state index contributed by atoms with van der Waals surface area (Å²) in [5, 5.41) is 9.86. The maximum absolute atomic E-state index is 13.0. The summed E-state index contributed by atoms with van der Waals surface area (Å²) >= 11 is 2.73. The van der Waals surface area contributed by atoms with Crippen LogP contribution in [0.5, 0.6) is 5.75 Å². The normalized spacial score (nSPS) is 20.6. The van der Waals surface area contributed by atoms with Crippen LogP contribution in [0, 0.1) is 0 Å². The average molecular weight is 439 g/mol. The van der Waals surface area contributed by atoms with Crippen molar-refractivity contribution in [1.82, 2.24) is 9.80 Å². The van der Waals surface area contributed by atoms with Crippen LogP contribution in [0.1, 0.15) is 12.0 Å². The van der Waals surface area contributed by atoms with Gasteiger partial charge >= 0.3 is 10.2 Å². The lowest BCUT2D eigenvalue weighted by Crippen LogP contribution is -2.44. The van der Waals surface area contributed by atoms with Crippen LogP contribution in [-0.4, -0.2) is 54.7 Å². The summed E-state index contributed by atoms with van der Waals surface area (Å²) in [6, 6.07) is 0.604. The summed E-state index contributed by atoms with van der Waals surface area (Å²) in [5.74, 6) is -0.418. The largest absolute Gasteiger partial charge is 0.506 e. The summed E-state index contributed by atoms with van der Waals surface area (Å²) in [4.78, 5) is 2.37. The lowest BCUT2D eigenvalue weighted by Gasteiger charge is -2.41. The predicted octanol–water partition coefficient (Wildman–Crippen LogP) is 4.99. The van der Waals surface area contributed by atoms with Crippen molar-refractivity contribution >= 4 is 26.2 Å².